The predicted octanol–water partition coefficient (Wildman–Crippen LogP) is 4.10. The second-order valence-corrected chi connectivity index (χ2v) is 6.01. The van der Waals surface area contributed by atoms with Gasteiger partial charge in [0.15, 0.2) is 0 Å². The minimum absolute atomic E-state index is 0.244. The third-order valence-corrected chi connectivity index (χ3v) is 3.84. The zero-order valence-corrected chi connectivity index (χ0v) is 14.3. The maximum Gasteiger partial charge on any atom is 0.258 e. The minimum Gasteiger partial charge on any atom is -0.350 e. The van der Waals surface area contributed by atoms with E-state index in [2.05, 4.69) is 36.5 Å². The molecule has 0 atom stereocenters. The Kier molecular flexibility index (Phi) is 5.18. The topological polar surface area (TPSA) is 66.9 Å². The normalized spacial score (nSPS) is 10.2. The highest BCUT2D eigenvalue weighted by Gasteiger charge is 2.07. The molecule has 0 bridgehead atoms. The van der Waals surface area contributed by atoms with Crippen LogP contribution in [0.15, 0.2) is 71.5 Å². The lowest BCUT2D eigenvalue weighted by Crippen LogP contribution is -2.13. The first-order chi connectivity index (χ1) is 11.7. The monoisotopic (exact) mass is 382 g/mol. The average molecular weight is 383 g/mol. The van der Waals surface area contributed by atoms with Crippen molar-refractivity contribution in [2.24, 2.45) is 0 Å². The molecule has 3 aromatic rings. The van der Waals surface area contributed by atoms with Gasteiger partial charge in [-0.25, -0.2) is 9.97 Å². The molecule has 5 nitrogen and oxygen atoms in total. The lowest BCUT2D eigenvalue weighted by atomic mass is 10.2. The van der Waals surface area contributed by atoms with Gasteiger partial charge in [-0.15, -0.1) is 0 Å². The van der Waals surface area contributed by atoms with Crippen LogP contribution in [0.4, 0.5) is 11.6 Å². The van der Waals surface area contributed by atoms with Gasteiger partial charge in [0.05, 0.1) is 5.56 Å². The number of benzene rings is 2. The molecule has 2 N–H and O–H groups in total. The summed E-state index contributed by atoms with van der Waals surface area (Å²) in [7, 11) is 0. The van der Waals surface area contributed by atoms with E-state index in [-0.39, 0.29) is 5.91 Å². The highest BCUT2D eigenvalue weighted by molar-refractivity contribution is 9.10. The van der Waals surface area contributed by atoms with E-state index in [0.717, 1.165) is 15.7 Å². The van der Waals surface area contributed by atoms with Gasteiger partial charge in [-0.1, -0.05) is 46.3 Å². The van der Waals surface area contributed by atoms with Crippen LogP contribution in [0.1, 0.15) is 15.9 Å². The van der Waals surface area contributed by atoms with Crippen molar-refractivity contribution in [1.29, 1.82) is 0 Å². The molecule has 0 unspecified atom stereocenters. The van der Waals surface area contributed by atoms with Gasteiger partial charge in [0.2, 0.25) is 5.95 Å². The summed E-state index contributed by atoms with van der Waals surface area (Å²) < 4.78 is 0.956. The summed E-state index contributed by atoms with van der Waals surface area (Å²) in [5.74, 6) is 0.242. The zero-order valence-electron chi connectivity index (χ0n) is 12.7. The Morgan fingerprint density at radius 3 is 2.29 bits per heavy atom. The quantitative estimate of drug-likeness (QED) is 0.696. The lowest BCUT2D eigenvalue weighted by Gasteiger charge is -2.07. The van der Waals surface area contributed by atoms with Gasteiger partial charge in [-0.2, -0.15) is 0 Å². The first kappa shape index (κ1) is 16.1. The third-order valence-electron chi connectivity index (χ3n) is 3.31. The molecule has 0 fully saturated rings. The number of anilines is 2. The highest BCUT2D eigenvalue weighted by Crippen LogP contribution is 2.15. The molecule has 0 aliphatic rings. The van der Waals surface area contributed by atoms with Gasteiger partial charge in [0, 0.05) is 29.1 Å². The molecule has 0 aliphatic heterocycles. The van der Waals surface area contributed by atoms with E-state index in [9.17, 15) is 4.79 Å². The molecule has 0 saturated heterocycles. The molecule has 24 heavy (non-hydrogen) atoms. The number of carbonyl (C=O) groups is 1. The minimum atomic E-state index is -0.244. The number of nitrogens with one attached hydrogen (secondary N) is 2. The van der Waals surface area contributed by atoms with E-state index in [1.807, 2.05) is 54.6 Å². The zero-order chi connectivity index (χ0) is 16.8. The van der Waals surface area contributed by atoms with Crippen LogP contribution in [-0.4, -0.2) is 15.9 Å². The predicted molar refractivity (Wildman–Crippen MR) is 97.9 cm³/mol. The Bertz CT molecular complexity index is 805. The second kappa shape index (κ2) is 7.70. The summed E-state index contributed by atoms with van der Waals surface area (Å²) in [5, 5.41) is 5.93. The Morgan fingerprint density at radius 1 is 0.958 bits per heavy atom. The van der Waals surface area contributed by atoms with Gasteiger partial charge in [0.1, 0.15) is 0 Å². The largest absolute Gasteiger partial charge is 0.350 e. The molecule has 0 spiro atoms. The SMILES string of the molecule is O=C(Nc1ccc(Br)cc1)c1cnc(NCc2ccccc2)nc1. The van der Waals surface area contributed by atoms with Crippen LogP contribution in [0, 0.1) is 0 Å². The van der Waals surface area contributed by atoms with Crippen LogP contribution < -0.4 is 10.6 Å². The summed E-state index contributed by atoms with van der Waals surface area (Å²) in [6.45, 7) is 0.630. The number of carbonyl (C=O) groups excluding carboxylic acids is 1. The maximum absolute atomic E-state index is 12.2. The summed E-state index contributed by atoms with van der Waals surface area (Å²) in [6, 6.07) is 17.3. The van der Waals surface area contributed by atoms with E-state index in [4.69, 9.17) is 0 Å². The van der Waals surface area contributed by atoms with Crippen LogP contribution in [-0.2, 0) is 6.54 Å². The number of aromatic nitrogens is 2. The standard InChI is InChI=1S/C18H15BrN4O/c19-15-6-8-16(9-7-15)23-17(24)14-11-21-18(22-12-14)20-10-13-4-2-1-3-5-13/h1-9,11-12H,10H2,(H,23,24)(H,20,21,22). The molecule has 1 amide bonds. The summed E-state index contributed by atoms with van der Waals surface area (Å²) >= 11 is 3.36. The molecule has 3 rings (SSSR count). The van der Waals surface area contributed by atoms with Crippen LogP contribution in [0.3, 0.4) is 0 Å². The maximum atomic E-state index is 12.2. The molecule has 1 aromatic heterocycles. The number of amides is 1. The molecule has 1 heterocycles. The van der Waals surface area contributed by atoms with Crippen molar-refractivity contribution in [2.75, 3.05) is 10.6 Å². The number of hydrogen-bond donors (Lipinski definition) is 2. The fourth-order valence-electron chi connectivity index (χ4n) is 2.05. The Hall–Kier alpha value is -2.73. The first-order valence-electron chi connectivity index (χ1n) is 7.37. The fourth-order valence-corrected chi connectivity index (χ4v) is 2.31. The fraction of sp³-hybridized carbons (Fsp3) is 0.0556. The Balaban J connectivity index is 1.59. The Morgan fingerprint density at radius 2 is 1.62 bits per heavy atom. The smallest absolute Gasteiger partial charge is 0.258 e. The summed E-state index contributed by atoms with van der Waals surface area (Å²) in [4.78, 5) is 20.5. The molecule has 2 aromatic carbocycles. The van der Waals surface area contributed by atoms with E-state index in [1.54, 1.807) is 0 Å². The lowest BCUT2D eigenvalue weighted by molar-refractivity contribution is 0.102. The number of rotatable bonds is 5. The van der Waals surface area contributed by atoms with Crippen molar-refractivity contribution >= 4 is 33.5 Å². The van der Waals surface area contributed by atoms with E-state index in [1.165, 1.54) is 12.4 Å². The molecule has 0 aliphatic carbocycles. The van der Waals surface area contributed by atoms with Crippen molar-refractivity contribution in [1.82, 2.24) is 9.97 Å². The molecule has 120 valence electrons. The van der Waals surface area contributed by atoms with Crippen molar-refractivity contribution < 1.29 is 4.79 Å². The van der Waals surface area contributed by atoms with Crippen LogP contribution in [0.5, 0.6) is 0 Å². The molecular weight excluding hydrogens is 368 g/mol. The summed E-state index contributed by atoms with van der Waals surface area (Å²) in [6.07, 6.45) is 3.02. The van der Waals surface area contributed by atoms with E-state index in [0.29, 0.717) is 18.1 Å². The molecule has 6 heteroatoms. The van der Waals surface area contributed by atoms with Crippen LogP contribution >= 0.6 is 15.9 Å². The van der Waals surface area contributed by atoms with Gasteiger partial charge in [-0.3, -0.25) is 4.79 Å². The first-order valence-corrected chi connectivity index (χ1v) is 8.17. The third kappa shape index (κ3) is 4.39. The highest BCUT2D eigenvalue weighted by atomic mass is 79.9. The van der Waals surface area contributed by atoms with Gasteiger partial charge >= 0.3 is 0 Å². The van der Waals surface area contributed by atoms with Crippen LogP contribution in [0.2, 0.25) is 0 Å². The van der Waals surface area contributed by atoms with E-state index < -0.39 is 0 Å². The number of hydrogen-bond acceptors (Lipinski definition) is 4. The van der Waals surface area contributed by atoms with Gasteiger partial charge in [0.25, 0.3) is 5.91 Å². The molecule has 0 radical (unpaired) electrons. The van der Waals surface area contributed by atoms with Crippen molar-refractivity contribution in [3.05, 3.63) is 82.6 Å². The van der Waals surface area contributed by atoms with Crippen molar-refractivity contribution in [2.45, 2.75) is 6.54 Å². The van der Waals surface area contributed by atoms with Crippen molar-refractivity contribution in [3.63, 3.8) is 0 Å². The molecular formula is C18H15BrN4O. The van der Waals surface area contributed by atoms with Gasteiger partial charge < -0.3 is 10.6 Å². The molecule has 0 saturated carbocycles. The van der Waals surface area contributed by atoms with E-state index >= 15 is 0 Å². The number of halogens is 1. The van der Waals surface area contributed by atoms with Crippen molar-refractivity contribution in [3.8, 4) is 0 Å². The number of nitrogens with zero attached hydrogens (tertiary/aromatic N) is 2. The van der Waals surface area contributed by atoms with Gasteiger partial charge in [-0.05, 0) is 29.8 Å². The summed E-state index contributed by atoms with van der Waals surface area (Å²) in [5.41, 5.74) is 2.26. The Labute approximate surface area is 148 Å². The average Bonchev–Trinajstić information content (AvgIpc) is 2.63. The van der Waals surface area contributed by atoms with Crippen LogP contribution in [0.25, 0.3) is 0 Å². The second-order valence-electron chi connectivity index (χ2n) is 5.10.